The molecular formula is C15H18N6. The van der Waals surface area contributed by atoms with Gasteiger partial charge < -0.3 is 9.99 Å². The van der Waals surface area contributed by atoms with Crippen LogP contribution in [0.4, 0.5) is 5.69 Å². The molecule has 0 bridgehead atoms. The van der Waals surface area contributed by atoms with E-state index in [1.165, 1.54) is 0 Å². The number of aryl methyl sites for hydroxylation is 1. The van der Waals surface area contributed by atoms with Crippen LogP contribution in [0.5, 0.6) is 0 Å². The van der Waals surface area contributed by atoms with Crippen molar-refractivity contribution in [2.24, 2.45) is 7.05 Å². The van der Waals surface area contributed by atoms with Gasteiger partial charge in [0.25, 0.3) is 0 Å². The van der Waals surface area contributed by atoms with E-state index in [2.05, 4.69) is 33.0 Å². The normalized spacial score (nSPS) is 11.2. The van der Waals surface area contributed by atoms with E-state index in [1.54, 1.807) is 11.4 Å². The summed E-state index contributed by atoms with van der Waals surface area (Å²) in [6.07, 6.45) is 3.63. The van der Waals surface area contributed by atoms with Crippen molar-refractivity contribution in [2.75, 3.05) is 19.5 Å². The zero-order chi connectivity index (χ0) is 14.8. The minimum Gasteiger partial charge on any atom is -0.331 e. The van der Waals surface area contributed by atoms with Gasteiger partial charge in [0.2, 0.25) is 0 Å². The molecule has 0 aliphatic heterocycles. The van der Waals surface area contributed by atoms with Gasteiger partial charge in [-0.1, -0.05) is 30.3 Å². The summed E-state index contributed by atoms with van der Waals surface area (Å²) in [5, 5.41) is 1.80. The number of nitrogens with zero attached hydrogens (tertiary/aromatic N) is 4. The van der Waals surface area contributed by atoms with Crippen LogP contribution in [-0.2, 0) is 7.05 Å². The van der Waals surface area contributed by atoms with Crippen molar-refractivity contribution in [1.29, 1.82) is 0 Å². The van der Waals surface area contributed by atoms with Crippen molar-refractivity contribution in [1.82, 2.24) is 25.1 Å². The van der Waals surface area contributed by atoms with Gasteiger partial charge in [-0.3, -0.25) is 0 Å². The summed E-state index contributed by atoms with van der Waals surface area (Å²) in [6.45, 7) is 0. The zero-order valence-electron chi connectivity index (χ0n) is 12.3. The van der Waals surface area contributed by atoms with Crippen molar-refractivity contribution in [3.8, 4) is 11.1 Å². The van der Waals surface area contributed by atoms with Gasteiger partial charge in [0.1, 0.15) is 5.52 Å². The smallest absolute Gasteiger partial charge is 0.179 e. The Balaban J connectivity index is 2.23. The van der Waals surface area contributed by atoms with Gasteiger partial charge in [-0.15, -0.1) is 0 Å². The lowest BCUT2D eigenvalue weighted by molar-refractivity contribution is 0.318. The third kappa shape index (κ3) is 2.46. The Morgan fingerprint density at radius 2 is 1.90 bits per heavy atom. The average Bonchev–Trinajstić information content (AvgIpc) is 2.90. The summed E-state index contributed by atoms with van der Waals surface area (Å²) in [4.78, 5) is 8.78. The first-order chi connectivity index (χ1) is 10.2. The number of benzene rings is 1. The summed E-state index contributed by atoms with van der Waals surface area (Å²) in [6, 6.07) is 10.2. The fraction of sp³-hybridized carbons (Fsp3) is 0.200. The molecule has 1 aromatic carbocycles. The quantitative estimate of drug-likeness (QED) is 0.717. The van der Waals surface area contributed by atoms with Gasteiger partial charge in [-0.25, -0.2) is 15.4 Å². The molecule has 2 N–H and O–H groups in total. The number of anilines is 1. The van der Waals surface area contributed by atoms with Crippen LogP contribution in [0.2, 0.25) is 0 Å². The molecule has 3 rings (SSSR count). The molecule has 6 heteroatoms. The number of fused-ring (bicyclic) bond motifs is 1. The van der Waals surface area contributed by atoms with Crippen LogP contribution in [0.1, 0.15) is 0 Å². The van der Waals surface area contributed by atoms with Gasteiger partial charge in [-0.2, -0.15) is 5.12 Å². The summed E-state index contributed by atoms with van der Waals surface area (Å²) in [5.74, 6) is 0. The molecular weight excluding hydrogens is 264 g/mol. The first-order valence-electron chi connectivity index (χ1n) is 6.74. The Morgan fingerprint density at radius 1 is 1.14 bits per heavy atom. The van der Waals surface area contributed by atoms with E-state index < -0.39 is 0 Å². The second-order valence-electron chi connectivity index (χ2n) is 4.84. The molecule has 0 unspecified atom stereocenters. The maximum atomic E-state index is 4.46. The van der Waals surface area contributed by atoms with Crippen LogP contribution in [0.25, 0.3) is 22.3 Å². The van der Waals surface area contributed by atoms with Crippen LogP contribution in [0.15, 0.2) is 42.9 Å². The number of nitrogens with one attached hydrogen (secondary N) is 2. The Bertz CT molecular complexity index is 749. The van der Waals surface area contributed by atoms with Crippen molar-refractivity contribution in [3.63, 3.8) is 0 Å². The lowest BCUT2D eigenvalue weighted by Crippen LogP contribution is -2.36. The van der Waals surface area contributed by atoms with Crippen LogP contribution in [0, 0.1) is 0 Å². The van der Waals surface area contributed by atoms with Crippen LogP contribution >= 0.6 is 0 Å². The zero-order valence-corrected chi connectivity index (χ0v) is 12.3. The van der Waals surface area contributed by atoms with Crippen molar-refractivity contribution >= 4 is 16.9 Å². The van der Waals surface area contributed by atoms with Crippen molar-refractivity contribution in [2.45, 2.75) is 0 Å². The Morgan fingerprint density at radius 3 is 2.62 bits per heavy atom. The lowest BCUT2D eigenvalue weighted by Gasteiger charge is -2.21. The van der Waals surface area contributed by atoms with Gasteiger partial charge >= 0.3 is 0 Å². The topological polar surface area (TPSA) is 58.0 Å². The molecule has 0 spiro atoms. The van der Waals surface area contributed by atoms with E-state index >= 15 is 0 Å². The molecule has 2 aromatic heterocycles. The second-order valence-corrected chi connectivity index (χ2v) is 4.84. The first-order valence-corrected chi connectivity index (χ1v) is 6.74. The van der Waals surface area contributed by atoms with E-state index in [1.807, 2.05) is 50.1 Å². The highest BCUT2D eigenvalue weighted by atomic mass is 15.7. The van der Waals surface area contributed by atoms with Crippen LogP contribution < -0.4 is 10.9 Å². The number of hydrogen-bond donors (Lipinski definition) is 2. The monoisotopic (exact) mass is 282 g/mol. The fourth-order valence-electron chi connectivity index (χ4n) is 2.29. The van der Waals surface area contributed by atoms with Gasteiger partial charge in [0.15, 0.2) is 5.65 Å². The van der Waals surface area contributed by atoms with Gasteiger partial charge in [-0.05, 0) is 5.56 Å². The largest absolute Gasteiger partial charge is 0.331 e. The van der Waals surface area contributed by atoms with Crippen LogP contribution in [0.3, 0.4) is 0 Å². The molecule has 0 fully saturated rings. The highest BCUT2D eigenvalue weighted by Crippen LogP contribution is 2.32. The van der Waals surface area contributed by atoms with Gasteiger partial charge in [0, 0.05) is 32.9 Å². The number of aromatic nitrogens is 3. The SMILES string of the molecule is CNN(C)Nc1c(-c2ccccc2)cnc2ncn(C)c12. The Kier molecular flexibility index (Phi) is 3.55. The molecule has 3 aromatic rings. The summed E-state index contributed by atoms with van der Waals surface area (Å²) < 4.78 is 1.97. The predicted molar refractivity (Wildman–Crippen MR) is 84.4 cm³/mol. The number of imidazole rings is 1. The van der Waals surface area contributed by atoms with E-state index in [0.29, 0.717) is 0 Å². The van der Waals surface area contributed by atoms with Crippen molar-refractivity contribution in [3.05, 3.63) is 42.9 Å². The average molecular weight is 282 g/mol. The number of pyridine rings is 1. The van der Waals surface area contributed by atoms with Gasteiger partial charge in [0.05, 0.1) is 12.0 Å². The second kappa shape index (κ2) is 5.51. The molecule has 0 saturated carbocycles. The third-order valence-electron chi connectivity index (χ3n) is 3.44. The molecule has 0 radical (unpaired) electrons. The molecule has 2 heterocycles. The number of hydrazine groups is 2. The molecule has 108 valence electrons. The highest BCUT2D eigenvalue weighted by Gasteiger charge is 2.15. The highest BCUT2D eigenvalue weighted by molar-refractivity contribution is 5.95. The standard InChI is InChI=1S/C15H18N6/c1-16-21(3)19-13-12(11-7-5-4-6-8-11)9-17-15-14(13)20(2)10-18-15/h4-10,16H,1-3H3,(H,17,19). The minimum absolute atomic E-state index is 0.726. The molecule has 0 saturated heterocycles. The fourth-order valence-corrected chi connectivity index (χ4v) is 2.29. The Hall–Kier alpha value is -2.44. The van der Waals surface area contributed by atoms with E-state index in [9.17, 15) is 0 Å². The van der Waals surface area contributed by atoms with E-state index in [-0.39, 0.29) is 0 Å². The molecule has 6 nitrogen and oxygen atoms in total. The number of rotatable bonds is 4. The maximum Gasteiger partial charge on any atom is 0.179 e. The molecule has 21 heavy (non-hydrogen) atoms. The number of hydrogen-bond acceptors (Lipinski definition) is 5. The van der Waals surface area contributed by atoms with Crippen LogP contribution in [-0.4, -0.2) is 33.7 Å². The predicted octanol–water partition coefficient (Wildman–Crippen LogP) is 2.03. The molecule has 0 aliphatic carbocycles. The summed E-state index contributed by atoms with van der Waals surface area (Å²) in [5.41, 5.74) is 11.2. The first kappa shape index (κ1) is 13.5. The maximum absolute atomic E-state index is 4.46. The third-order valence-corrected chi connectivity index (χ3v) is 3.44. The lowest BCUT2D eigenvalue weighted by atomic mass is 10.1. The molecule has 0 aliphatic rings. The van der Waals surface area contributed by atoms with Crippen molar-refractivity contribution < 1.29 is 0 Å². The summed E-state index contributed by atoms with van der Waals surface area (Å²) >= 11 is 0. The Labute approximate surface area is 123 Å². The minimum atomic E-state index is 0.726. The molecule has 0 amide bonds. The summed E-state index contributed by atoms with van der Waals surface area (Å²) in [7, 11) is 5.74. The van der Waals surface area contributed by atoms with E-state index in [0.717, 1.165) is 28.0 Å². The molecule has 0 atom stereocenters. The van der Waals surface area contributed by atoms with E-state index in [4.69, 9.17) is 0 Å².